The van der Waals surface area contributed by atoms with E-state index in [0.717, 1.165) is 10.4 Å². The average Bonchev–Trinajstić information content (AvgIpc) is 2.40. The van der Waals surface area contributed by atoms with Crippen molar-refractivity contribution in [2.24, 2.45) is 0 Å². The lowest BCUT2D eigenvalue weighted by Crippen LogP contribution is -2.35. The van der Waals surface area contributed by atoms with Crippen molar-refractivity contribution in [2.45, 2.75) is 38.1 Å². The smallest absolute Gasteiger partial charge is 0.335 e. The van der Waals surface area contributed by atoms with E-state index in [-0.39, 0.29) is 16.9 Å². The Morgan fingerprint density at radius 3 is 2.48 bits per heavy atom. The van der Waals surface area contributed by atoms with Gasteiger partial charge in [0.25, 0.3) is 0 Å². The molecule has 1 aromatic carbocycles. The third-order valence-corrected chi connectivity index (χ3v) is 5.63. The maximum absolute atomic E-state index is 12.6. The number of carboxylic acid groups (broad SMARTS) is 1. The van der Waals surface area contributed by atoms with Crippen LogP contribution in [0.25, 0.3) is 0 Å². The summed E-state index contributed by atoms with van der Waals surface area (Å²) < 4.78 is 26.3. The van der Waals surface area contributed by atoms with Gasteiger partial charge >= 0.3 is 5.97 Å². The second-order valence-corrected chi connectivity index (χ2v) is 6.92. The number of carboxylic acids is 1. The zero-order chi connectivity index (χ0) is 16.4. The molecular weight excluding hydrogens is 292 g/mol. The Morgan fingerprint density at radius 1 is 1.43 bits per heavy atom. The molecule has 6 nitrogen and oxygen atoms in total. The van der Waals surface area contributed by atoms with Gasteiger partial charge in [0.2, 0.25) is 10.0 Å². The summed E-state index contributed by atoms with van der Waals surface area (Å²) in [7, 11) is -2.46. The van der Waals surface area contributed by atoms with E-state index in [1.807, 2.05) is 6.07 Å². The Bertz CT molecular complexity index is 704. The van der Waals surface area contributed by atoms with Crippen LogP contribution >= 0.6 is 0 Å². The van der Waals surface area contributed by atoms with E-state index in [1.54, 1.807) is 20.8 Å². The van der Waals surface area contributed by atoms with Gasteiger partial charge in [-0.1, -0.05) is 0 Å². The fourth-order valence-corrected chi connectivity index (χ4v) is 3.55. The molecule has 1 rings (SSSR count). The van der Waals surface area contributed by atoms with E-state index in [9.17, 15) is 13.2 Å². The molecule has 0 saturated carbocycles. The zero-order valence-electron chi connectivity index (χ0n) is 12.4. The van der Waals surface area contributed by atoms with E-state index >= 15 is 0 Å². The van der Waals surface area contributed by atoms with Crippen LogP contribution in [0.2, 0.25) is 0 Å². The third-order valence-electron chi connectivity index (χ3n) is 3.53. The molecule has 0 aromatic heterocycles. The van der Waals surface area contributed by atoms with Gasteiger partial charge in [-0.25, -0.2) is 13.2 Å². The highest BCUT2D eigenvalue weighted by molar-refractivity contribution is 7.89. The van der Waals surface area contributed by atoms with Crippen LogP contribution in [0, 0.1) is 25.2 Å². The van der Waals surface area contributed by atoms with Crippen molar-refractivity contribution < 1.29 is 18.3 Å². The topological polar surface area (TPSA) is 98.5 Å². The van der Waals surface area contributed by atoms with Gasteiger partial charge in [-0.3, -0.25) is 0 Å². The molecule has 1 N–H and O–H groups in total. The van der Waals surface area contributed by atoms with Gasteiger partial charge in [-0.05, 0) is 44.0 Å². The molecule has 1 aromatic rings. The molecular formula is C14H18N2O4S. The SMILES string of the molecule is Cc1cc(C(=O)O)cc(S(=O)(=O)N(C)C(C)CC#N)c1C. The number of nitriles is 1. The summed E-state index contributed by atoms with van der Waals surface area (Å²) in [5.41, 5.74) is 1.03. The normalized spacial score (nSPS) is 13.0. The Labute approximate surface area is 124 Å². The fraction of sp³-hybridized carbons (Fsp3) is 0.429. The maximum Gasteiger partial charge on any atom is 0.335 e. The van der Waals surface area contributed by atoms with Gasteiger partial charge in [0.05, 0.1) is 22.9 Å². The zero-order valence-corrected chi connectivity index (χ0v) is 13.2. The molecule has 0 radical (unpaired) electrons. The number of benzene rings is 1. The van der Waals surface area contributed by atoms with E-state index < -0.39 is 22.0 Å². The van der Waals surface area contributed by atoms with Crippen LogP contribution in [-0.2, 0) is 10.0 Å². The van der Waals surface area contributed by atoms with Crippen LogP contribution in [0.4, 0.5) is 0 Å². The second kappa shape index (κ2) is 6.24. The van der Waals surface area contributed by atoms with E-state index in [2.05, 4.69) is 0 Å². The molecule has 1 atom stereocenters. The van der Waals surface area contributed by atoms with Crippen molar-refractivity contribution >= 4 is 16.0 Å². The Morgan fingerprint density at radius 2 is 2.00 bits per heavy atom. The van der Waals surface area contributed by atoms with Crippen molar-refractivity contribution in [3.63, 3.8) is 0 Å². The molecule has 0 bridgehead atoms. The Hall–Kier alpha value is -1.91. The molecule has 0 aliphatic carbocycles. The quantitative estimate of drug-likeness (QED) is 0.896. The number of carbonyl (C=O) groups is 1. The summed E-state index contributed by atoms with van der Waals surface area (Å²) in [6, 6.07) is 4.04. The van der Waals surface area contributed by atoms with Crippen LogP contribution in [0.15, 0.2) is 17.0 Å². The number of aryl methyl sites for hydroxylation is 1. The predicted octanol–water partition coefficient (Wildman–Crippen LogP) is 1.92. The van der Waals surface area contributed by atoms with Crippen molar-refractivity contribution in [1.29, 1.82) is 5.26 Å². The minimum absolute atomic E-state index is 0.0350. The van der Waals surface area contributed by atoms with Gasteiger partial charge in [0.1, 0.15) is 0 Å². The number of hydrogen-bond acceptors (Lipinski definition) is 4. The number of rotatable bonds is 5. The summed E-state index contributed by atoms with van der Waals surface area (Å²) in [5.74, 6) is -1.18. The molecule has 0 heterocycles. The first-order chi connectivity index (χ1) is 9.62. The molecule has 1 unspecified atom stereocenters. The Kier molecular flexibility index (Phi) is 5.10. The number of sulfonamides is 1. The van der Waals surface area contributed by atoms with Gasteiger partial charge in [0.15, 0.2) is 0 Å². The highest BCUT2D eigenvalue weighted by atomic mass is 32.2. The minimum atomic E-state index is -3.85. The van der Waals surface area contributed by atoms with Crippen molar-refractivity contribution in [1.82, 2.24) is 4.31 Å². The van der Waals surface area contributed by atoms with Gasteiger partial charge in [0, 0.05) is 13.1 Å². The first kappa shape index (κ1) is 17.1. The fourth-order valence-electron chi connectivity index (χ4n) is 1.87. The molecule has 0 spiro atoms. The third kappa shape index (κ3) is 3.40. The van der Waals surface area contributed by atoms with E-state index in [4.69, 9.17) is 10.4 Å². The van der Waals surface area contributed by atoms with Crippen molar-refractivity contribution in [2.75, 3.05) is 7.05 Å². The number of hydrogen-bond donors (Lipinski definition) is 1. The largest absolute Gasteiger partial charge is 0.478 e. The van der Waals surface area contributed by atoms with Crippen molar-refractivity contribution in [3.8, 4) is 6.07 Å². The van der Waals surface area contributed by atoms with E-state index in [0.29, 0.717) is 11.1 Å². The van der Waals surface area contributed by atoms with Gasteiger partial charge in [-0.2, -0.15) is 9.57 Å². The predicted molar refractivity (Wildman–Crippen MR) is 77.5 cm³/mol. The molecule has 0 saturated heterocycles. The maximum atomic E-state index is 12.6. The van der Waals surface area contributed by atoms with Crippen LogP contribution in [-0.4, -0.2) is 36.9 Å². The standard InChI is InChI=1S/C14H18N2O4S/c1-9-7-12(14(17)18)8-13(11(9)3)21(19,20)16(4)10(2)5-6-15/h7-8,10H,5H2,1-4H3,(H,17,18). The number of aromatic carboxylic acids is 1. The highest BCUT2D eigenvalue weighted by Gasteiger charge is 2.28. The Balaban J connectivity index is 3.45. The van der Waals surface area contributed by atoms with Crippen LogP contribution in [0.3, 0.4) is 0 Å². The molecule has 114 valence electrons. The summed E-state index contributed by atoms with van der Waals surface area (Å²) in [6.07, 6.45) is 0.0619. The van der Waals surface area contributed by atoms with Crippen molar-refractivity contribution in [3.05, 3.63) is 28.8 Å². The lowest BCUT2D eigenvalue weighted by molar-refractivity contribution is 0.0696. The summed E-state index contributed by atoms with van der Waals surface area (Å²) in [6.45, 7) is 4.93. The summed E-state index contributed by atoms with van der Waals surface area (Å²) in [5, 5.41) is 17.8. The first-order valence-corrected chi connectivity index (χ1v) is 7.76. The second-order valence-electron chi connectivity index (χ2n) is 4.95. The summed E-state index contributed by atoms with van der Waals surface area (Å²) >= 11 is 0. The molecule has 21 heavy (non-hydrogen) atoms. The van der Waals surface area contributed by atoms with Crippen LogP contribution in [0.5, 0.6) is 0 Å². The molecule has 0 fully saturated rings. The lowest BCUT2D eigenvalue weighted by atomic mass is 10.1. The molecule has 0 amide bonds. The van der Waals surface area contributed by atoms with Crippen LogP contribution < -0.4 is 0 Å². The molecule has 0 aliphatic heterocycles. The van der Waals surface area contributed by atoms with Gasteiger partial charge in [-0.15, -0.1) is 0 Å². The lowest BCUT2D eigenvalue weighted by Gasteiger charge is -2.24. The van der Waals surface area contributed by atoms with Gasteiger partial charge < -0.3 is 5.11 Å². The first-order valence-electron chi connectivity index (χ1n) is 6.32. The molecule has 0 aliphatic rings. The average molecular weight is 310 g/mol. The van der Waals surface area contributed by atoms with E-state index in [1.165, 1.54) is 13.1 Å². The minimum Gasteiger partial charge on any atom is -0.478 e. The van der Waals surface area contributed by atoms with Crippen LogP contribution in [0.1, 0.15) is 34.8 Å². The highest BCUT2D eigenvalue weighted by Crippen LogP contribution is 2.25. The molecule has 7 heteroatoms. The monoisotopic (exact) mass is 310 g/mol. The number of nitrogens with zero attached hydrogens (tertiary/aromatic N) is 2. The summed E-state index contributed by atoms with van der Waals surface area (Å²) in [4.78, 5) is 11.1.